The van der Waals surface area contributed by atoms with Gasteiger partial charge in [0.2, 0.25) is 0 Å². The van der Waals surface area contributed by atoms with Crippen LogP contribution in [0, 0.1) is 13.8 Å². The van der Waals surface area contributed by atoms with E-state index in [2.05, 4.69) is 57.9 Å². The standard InChI is InChI=1S/C22H24N4OS/c1-14-13-18(15(2)26(14)16-8-10-17(27-4)11-9-16)21-20(24-22(28)25(21)3)19-7-5-6-12-23-19/h5-13,20-21H,1-4H3,(H,24,28)/t20-,21-/m1/s1. The van der Waals surface area contributed by atoms with E-state index >= 15 is 0 Å². The summed E-state index contributed by atoms with van der Waals surface area (Å²) in [6, 6.07) is 16.5. The molecule has 1 fully saturated rings. The molecule has 3 heterocycles. The average molecular weight is 393 g/mol. The molecular formula is C22H24N4OS. The molecule has 1 N–H and O–H groups in total. The van der Waals surface area contributed by atoms with Crippen molar-refractivity contribution in [1.82, 2.24) is 19.8 Å². The monoisotopic (exact) mass is 392 g/mol. The Morgan fingerprint density at radius 2 is 1.86 bits per heavy atom. The van der Waals surface area contributed by atoms with Gasteiger partial charge in [0.1, 0.15) is 5.75 Å². The van der Waals surface area contributed by atoms with E-state index in [4.69, 9.17) is 17.0 Å². The Balaban J connectivity index is 1.78. The van der Waals surface area contributed by atoms with Crippen LogP contribution in [-0.2, 0) is 0 Å². The van der Waals surface area contributed by atoms with E-state index in [0.717, 1.165) is 22.2 Å². The third-order valence-corrected chi connectivity index (χ3v) is 5.86. The maximum absolute atomic E-state index is 5.57. The third-order valence-electron chi connectivity index (χ3n) is 5.46. The number of hydrogen-bond donors (Lipinski definition) is 1. The second kappa shape index (κ2) is 7.28. The second-order valence-electron chi connectivity index (χ2n) is 7.10. The fourth-order valence-corrected chi connectivity index (χ4v) is 4.30. The van der Waals surface area contributed by atoms with Crippen LogP contribution in [0.3, 0.4) is 0 Å². The third kappa shape index (κ3) is 3.03. The van der Waals surface area contributed by atoms with Crippen molar-refractivity contribution in [3.05, 3.63) is 77.4 Å². The van der Waals surface area contributed by atoms with E-state index in [9.17, 15) is 0 Å². The van der Waals surface area contributed by atoms with Crippen LogP contribution in [-0.4, -0.2) is 33.7 Å². The fraction of sp³-hybridized carbons (Fsp3) is 0.273. The SMILES string of the molecule is COc1ccc(-n2c(C)cc([C@@H]3[C@@H](c4ccccn4)NC(=S)N3C)c2C)cc1. The van der Waals surface area contributed by atoms with Crippen molar-refractivity contribution < 1.29 is 4.74 Å². The molecule has 1 saturated heterocycles. The molecule has 3 aromatic rings. The molecule has 1 aliphatic rings. The predicted octanol–water partition coefficient (Wildman–Crippen LogP) is 4.10. The van der Waals surface area contributed by atoms with Gasteiger partial charge in [-0.25, -0.2) is 0 Å². The lowest BCUT2D eigenvalue weighted by Gasteiger charge is -2.24. The van der Waals surface area contributed by atoms with E-state index in [1.54, 1.807) is 7.11 Å². The number of hydrogen-bond acceptors (Lipinski definition) is 3. The summed E-state index contributed by atoms with van der Waals surface area (Å²) in [4.78, 5) is 6.71. The lowest BCUT2D eigenvalue weighted by atomic mass is 9.97. The van der Waals surface area contributed by atoms with Crippen LogP contribution in [0.4, 0.5) is 0 Å². The van der Waals surface area contributed by atoms with Gasteiger partial charge in [0, 0.05) is 30.3 Å². The van der Waals surface area contributed by atoms with Crippen LogP contribution in [0.2, 0.25) is 0 Å². The highest BCUT2D eigenvalue weighted by molar-refractivity contribution is 7.80. The first-order chi connectivity index (χ1) is 13.5. The summed E-state index contributed by atoms with van der Waals surface area (Å²) in [5, 5.41) is 4.19. The molecule has 0 radical (unpaired) electrons. The van der Waals surface area contributed by atoms with Crippen molar-refractivity contribution in [1.29, 1.82) is 0 Å². The first-order valence-corrected chi connectivity index (χ1v) is 9.69. The molecular weight excluding hydrogens is 368 g/mol. The van der Waals surface area contributed by atoms with Crippen molar-refractivity contribution in [3.63, 3.8) is 0 Å². The van der Waals surface area contributed by atoms with Crippen LogP contribution in [0.5, 0.6) is 5.75 Å². The number of thiocarbonyl (C=S) groups is 1. The summed E-state index contributed by atoms with van der Waals surface area (Å²) < 4.78 is 7.57. The fourth-order valence-electron chi connectivity index (χ4n) is 4.06. The first kappa shape index (κ1) is 18.5. The van der Waals surface area contributed by atoms with Crippen molar-refractivity contribution in [2.45, 2.75) is 25.9 Å². The molecule has 6 heteroatoms. The zero-order valence-electron chi connectivity index (χ0n) is 16.5. The van der Waals surface area contributed by atoms with Gasteiger partial charge in [0.25, 0.3) is 0 Å². The molecule has 0 unspecified atom stereocenters. The number of pyridine rings is 1. The Hall–Kier alpha value is -2.86. The Kier molecular flexibility index (Phi) is 4.81. The molecule has 1 aromatic carbocycles. The van der Waals surface area contributed by atoms with E-state index in [-0.39, 0.29) is 12.1 Å². The Morgan fingerprint density at radius 3 is 2.50 bits per heavy atom. The number of aryl methyl sites for hydroxylation is 1. The van der Waals surface area contributed by atoms with Gasteiger partial charge in [-0.05, 0) is 74.1 Å². The van der Waals surface area contributed by atoms with Gasteiger partial charge in [0.15, 0.2) is 5.11 Å². The molecule has 0 spiro atoms. The quantitative estimate of drug-likeness (QED) is 0.677. The summed E-state index contributed by atoms with van der Waals surface area (Å²) in [5.41, 5.74) is 5.75. The first-order valence-electron chi connectivity index (χ1n) is 9.28. The zero-order chi connectivity index (χ0) is 19.8. The summed E-state index contributed by atoms with van der Waals surface area (Å²) in [5.74, 6) is 0.853. The summed E-state index contributed by atoms with van der Waals surface area (Å²) in [6.45, 7) is 4.30. The van der Waals surface area contributed by atoms with Gasteiger partial charge in [-0.3, -0.25) is 4.98 Å². The van der Waals surface area contributed by atoms with E-state index in [1.165, 1.54) is 17.0 Å². The predicted molar refractivity (Wildman–Crippen MR) is 115 cm³/mol. The van der Waals surface area contributed by atoms with E-state index in [0.29, 0.717) is 0 Å². The van der Waals surface area contributed by atoms with E-state index in [1.807, 2.05) is 37.5 Å². The lowest BCUT2D eigenvalue weighted by Crippen LogP contribution is -2.25. The number of methoxy groups -OCH3 is 1. The molecule has 28 heavy (non-hydrogen) atoms. The minimum Gasteiger partial charge on any atom is -0.497 e. The molecule has 2 atom stereocenters. The van der Waals surface area contributed by atoms with Gasteiger partial charge in [-0.15, -0.1) is 0 Å². The van der Waals surface area contributed by atoms with Crippen molar-refractivity contribution in [2.75, 3.05) is 14.2 Å². The minimum absolute atomic E-state index is 0.0171. The van der Waals surface area contributed by atoms with Crippen LogP contribution in [0.1, 0.15) is 34.7 Å². The Morgan fingerprint density at radius 1 is 1.11 bits per heavy atom. The highest BCUT2D eigenvalue weighted by Crippen LogP contribution is 2.40. The summed E-state index contributed by atoms with van der Waals surface area (Å²) >= 11 is 5.57. The average Bonchev–Trinajstić information content (AvgIpc) is 3.17. The number of ether oxygens (including phenoxy) is 1. The highest BCUT2D eigenvalue weighted by Gasteiger charge is 2.39. The topological polar surface area (TPSA) is 42.3 Å². The number of rotatable bonds is 4. The molecule has 2 aromatic heterocycles. The second-order valence-corrected chi connectivity index (χ2v) is 7.48. The Labute approximate surface area is 171 Å². The van der Waals surface area contributed by atoms with Gasteiger partial charge in [0.05, 0.1) is 24.9 Å². The molecule has 4 rings (SSSR count). The molecule has 0 amide bonds. The number of nitrogens with zero attached hydrogens (tertiary/aromatic N) is 3. The molecule has 144 valence electrons. The summed E-state index contributed by atoms with van der Waals surface area (Å²) in [6.07, 6.45) is 1.83. The Bertz CT molecular complexity index is 997. The van der Waals surface area contributed by atoms with Gasteiger partial charge >= 0.3 is 0 Å². The smallest absolute Gasteiger partial charge is 0.169 e. The normalized spacial score (nSPS) is 19.0. The minimum atomic E-state index is 0.0171. The molecule has 1 aliphatic heterocycles. The van der Waals surface area contributed by atoms with Crippen LogP contribution in [0.25, 0.3) is 5.69 Å². The van der Waals surface area contributed by atoms with Crippen molar-refractivity contribution in [2.24, 2.45) is 0 Å². The van der Waals surface area contributed by atoms with Gasteiger partial charge < -0.3 is 19.5 Å². The maximum Gasteiger partial charge on any atom is 0.169 e. The molecule has 0 aliphatic carbocycles. The number of likely N-dealkylation sites (N-methyl/N-ethyl adjacent to an activating group) is 1. The van der Waals surface area contributed by atoms with Gasteiger partial charge in [-0.1, -0.05) is 6.07 Å². The molecule has 0 saturated carbocycles. The summed E-state index contributed by atoms with van der Waals surface area (Å²) in [7, 11) is 3.73. The molecule has 0 bridgehead atoms. The zero-order valence-corrected chi connectivity index (χ0v) is 17.3. The van der Waals surface area contributed by atoms with Gasteiger partial charge in [-0.2, -0.15) is 0 Å². The lowest BCUT2D eigenvalue weighted by molar-refractivity contribution is 0.367. The highest BCUT2D eigenvalue weighted by atomic mass is 32.1. The number of nitrogens with one attached hydrogen (secondary N) is 1. The molecule has 5 nitrogen and oxygen atoms in total. The van der Waals surface area contributed by atoms with Crippen LogP contribution in [0.15, 0.2) is 54.7 Å². The van der Waals surface area contributed by atoms with E-state index < -0.39 is 0 Å². The number of aromatic nitrogens is 2. The number of benzene rings is 1. The van der Waals surface area contributed by atoms with Crippen LogP contribution >= 0.6 is 12.2 Å². The maximum atomic E-state index is 5.57. The van der Waals surface area contributed by atoms with Crippen LogP contribution < -0.4 is 10.1 Å². The van der Waals surface area contributed by atoms with Crippen molar-refractivity contribution >= 4 is 17.3 Å². The van der Waals surface area contributed by atoms with Crippen molar-refractivity contribution in [3.8, 4) is 11.4 Å². The largest absolute Gasteiger partial charge is 0.497 e.